The molecule has 0 bridgehead atoms. The largest absolute Gasteiger partial charge is 0.481 e. The van der Waals surface area contributed by atoms with Crippen LogP contribution in [0.2, 0.25) is 0 Å². The van der Waals surface area contributed by atoms with Crippen LogP contribution < -0.4 is 0 Å². The lowest BCUT2D eigenvalue weighted by Gasteiger charge is -2.41. The Labute approximate surface area is 165 Å². The van der Waals surface area contributed by atoms with Gasteiger partial charge in [-0.1, -0.05) is 36.4 Å². The van der Waals surface area contributed by atoms with Crippen LogP contribution in [0.25, 0.3) is 0 Å². The Bertz CT molecular complexity index is 763. The number of nitrogens with zero attached hydrogens (tertiary/aromatic N) is 2. The van der Waals surface area contributed by atoms with Crippen LogP contribution in [0.1, 0.15) is 50.1 Å². The number of rotatable bonds is 5. The zero-order valence-electron chi connectivity index (χ0n) is 16.3. The summed E-state index contributed by atoms with van der Waals surface area (Å²) in [6.45, 7) is 4.31. The average Bonchev–Trinajstić information content (AvgIpc) is 2.99. The molecule has 1 aromatic rings. The number of carboxylic acid groups (broad SMARTS) is 1. The van der Waals surface area contributed by atoms with E-state index >= 15 is 0 Å². The Balaban J connectivity index is 2.15. The molecule has 0 saturated carbocycles. The van der Waals surface area contributed by atoms with Gasteiger partial charge in [0.05, 0.1) is 12.0 Å². The van der Waals surface area contributed by atoms with E-state index in [-0.39, 0.29) is 24.7 Å². The predicted octanol–water partition coefficient (Wildman–Crippen LogP) is 3.01. The highest BCUT2D eigenvalue weighted by molar-refractivity contribution is 5.94. The Kier molecular flexibility index (Phi) is 5.87. The topological polar surface area (TPSA) is 77.9 Å². The summed E-state index contributed by atoms with van der Waals surface area (Å²) in [6.07, 6.45) is 4.69. The van der Waals surface area contributed by atoms with Gasteiger partial charge in [0.1, 0.15) is 5.54 Å². The average molecular weight is 384 g/mol. The first kappa shape index (κ1) is 20.1. The number of amides is 2. The van der Waals surface area contributed by atoms with Crippen molar-refractivity contribution in [3.05, 3.63) is 48.6 Å². The molecule has 0 aliphatic carbocycles. The summed E-state index contributed by atoms with van der Waals surface area (Å²) >= 11 is 0. The Hall–Kier alpha value is -2.63. The zero-order valence-corrected chi connectivity index (χ0v) is 16.3. The first-order valence-electron chi connectivity index (χ1n) is 9.89. The fraction of sp³-hybridized carbons (Fsp3) is 0.500. The van der Waals surface area contributed by atoms with Gasteiger partial charge >= 0.3 is 5.97 Å². The third kappa shape index (κ3) is 3.43. The number of likely N-dealkylation sites (tertiary alicyclic amines) is 2. The third-order valence-electron chi connectivity index (χ3n) is 6.05. The van der Waals surface area contributed by atoms with Crippen molar-refractivity contribution in [3.8, 4) is 0 Å². The van der Waals surface area contributed by atoms with Gasteiger partial charge in [-0.05, 0) is 37.7 Å². The van der Waals surface area contributed by atoms with Crippen molar-refractivity contribution in [2.45, 2.75) is 50.1 Å². The monoisotopic (exact) mass is 384 g/mol. The van der Waals surface area contributed by atoms with Gasteiger partial charge in [-0.2, -0.15) is 0 Å². The summed E-state index contributed by atoms with van der Waals surface area (Å²) < 4.78 is 0. The second-order valence-corrected chi connectivity index (χ2v) is 7.81. The highest BCUT2D eigenvalue weighted by Gasteiger charge is 2.60. The van der Waals surface area contributed by atoms with Gasteiger partial charge in [0.2, 0.25) is 11.8 Å². The minimum absolute atomic E-state index is 0.137. The molecule has 1 N–H and O–H groups in total. The van der Waals surface area contributed by atoms with Crippen molar-refractivity contribution in [1.82, 2.24) is 9.80 Å². The van der Waals surface area contributed by atoms with E-state index in [9.17, 15) is 19.5 Å². The summed E-state index contributed by atoms with van der Waals surface area (Å²) in [7, 11) is 1.74. The van der Waals surface area contributed by atoms with Crippen LogP contribution in [-0.2, 0) is 14.4 Å². The number of carboxylic acids is 1. The van der Waals surface area contributed by atoms with Gasteiger partial charge < -0.3 is 14.9 Å². The molecule has 2 saturated heterocycles. The quantitative estimate of drug-likeness (QED) is 0.792. The molecule has 1 aromatic carbocycles. The maximum Gasteiger partial charge on any atom is 0.309 e. The molecular weight excluding hydrogens is 356 g/mol. The van der Waals surface area contributed by atoms with E-state index in [1.807, 2.05) is 30.3 Å². The number of likely N-dealkylation sites (N-methyl/N-ethyl adjacent to an activating group) is 1. The van der Waals surface area contributed by atoms with Gasteiger partial charge in [0.25, 0.3) is 0 Å². The Morgan fingerprint density at radius 2 is 2.00 bits per heavy atom. The van der Waals surface area contributed by atoms with Gasteiger partial charge in [-0.25, -0.2) is 0 Å². The van der Waals surface area contributed by atoms with Crippen molar-refractivity contribution < 1.29 is 19.5 Å². The third-order valence-corrected chi connectivity index (χ3v) is 6.05. The number of aliphatic carboxylic acids is 1. The summed E-state index contributed by atoms with van der Waals surface area (Å²) in [5, 5.41) is 9.98. The fourth-order valence-corrected chi connectivity index (χ4v) is 4.76. The molecule has 2 aliphatic rings. The van der Waals surface area contributed by atoms with Gasteiger partial charge in [0, 0.05) is 20.0 Å². The molecule has 6 heteroatoms. The van der Waals surface area contributed by atoms with Crippen LogP contribution in [0.4, 0.5) is 0 Å². The highest BCUT2D eigenvalue weighted by atomic mass is 16.4. The van der Waals surface area contributed by atoms with E-state index in [0.29, 0.717) is 19.4 Å². The summed E-state index contributed by atoms with van der Waals surface area (Å²) in [5.74, 6) is -2.10. The van der Waals surface area contributed by atoms with E-state index in [2.05, 4.69) is 6.58 Å². The fourth-order valence-electron chi connectivity index (χ4n) is 4.76. The lowest BCUT2D eigenvalue weighted by molar-refractivity contribution is -0.152. The van der Waals surface area contributed by atoms with Crippen molar-refractivity contribution in [3.63, 3.8) is 0 Å². The minimum atomic E-state index is -1.09. The molecule has 0 radical (unpaired) electrons. The molecule has 1 spiro atoms. The Morgan fingerprint density at radius 1 is 1.29 bits per heavy atom. The second-order valence-electron chi connectivity index (χ2n) is 7.81. The molecular formula is C22H28N2O4. The molecule has 2 fully saturated rings. The summed E-state index contributed by atoms with van der Waals surface area (Å²) in [4.78, 5) is 42.2. The van der Waals surface area contributed by atoms with Crippen LogP contribution in [0, 0.1) is 5.92 Å². The molecule has 2 amide bonds. The molecule has 3 atom stereocenters. The van der Waals surface area contributed by atoms with E-state index in [1.165, 1.54) is 0 Å². The molecule has 6 nitrogen and oxygen atoms in total. The van der Waals surface area contributed by atoms with Crippen molar-refractivity contribution >= 4 is 17.8 Å². The SMILES string of the molecule is C=CCCC(=O)N1[C@@H](c2ccccc2)[C@@H](C(=O)O)C[C@]12CCCCN(C)C2=O. The number of carbonyl (C=O) groups excluding carboxylic acids is 2. The smallest absolute Gasteiger partial charge is 0.309 e. The number of allylic oxidation sites excluding steroid dienone is 1. The lowest BCUT2D eigenvalue weighted by atomic mass is 9.85. The van der Waals surface area contributed by atoms with E-state index in [0.717, 1.165) is 18.4 Å². The summed E-state index contributed by atoms with van der Waals surface area (Å²) in [5.41, 5.74) is -0.328. The van der Waals surface area contributed by atoms with Crippen molar-refractivity contribution in [1.29, 1.82) is 0 Å². The van der Waals surface area contributed by atoms with Crippen LogP contribution in [0.3, 0.4) is 0 Å². The molecule has 0 unspecified atom stereocenters. The van der Waals surface area contributed by atoms with Gasteiger partial charge in [-0.15, -0.1) is 6.58 Å². The van der Waals surface area contributed by atoms with Crippen LogP contribution in [0.15, 0.2) is 43.0 Å². The van der Waals surface area contributed by atoms with E-state index < -0.39 is 23.5 Å². The number of hydrogen-bond acceptors (Lipinski definition) is 3. The summed E-state index contributed by atoms with van der Waals surface area (Å²) in [6, 6.07) is 8.58. The maximum atomic E-state index is 13.4. The molecule has 28 heavy (non-hydrogen) atoms. The van der Waals surface area contributed by atoms with Gasteiger partial charge in [-0.3, -0.25) is 14.4 Å². The Morgan fingerprint density at radius 3 is 2.64 bits per heavy atom. The van der Waals surface area contributed by atoms with Crippen LogP contribution >= 0.6 is 0 Å². The maximum absolute atomic E-state index is 13.4. The number of benzene rings is 1. The van der Waals surface area contributed by atoms with E-state index in [1.54, 1.807) is 22.9 Å². The predicted molar refractivity (Wildman–Crippen MR) is 105 cm³/mol. The van der Waals surface area contributed by atoms with Crippen LogP contribution in [0.5, 0.6) is 0 Å². The lowest BCUT2D eigenvalue weighted by Crippen LogP contribution is -2.57. The van der Waals surface area contributed by atoms with Crippen LogP contribution in [-0.4, -0.2) is 51.8 Å². The normalized spacial score (nSPS) is 27.7. The first-order valence-corrected chi connectivity index (χ1v) is 9.89. The van der Waals surface area contributed by atoms with Gasteiger partial charge in [0.15, 0.2) is 0 Å². The number of hydrogen-bond donors (Lipinski definition) is 1. The zero-order chi connectivity index (χ0) is 20.3. The van der Waals surface area contributed by atoms with E-state index in [4.69, 9.17) is 0 Å². The standard InChI is InChI=1S/C22H28N2O4/c1-3-4-12-18(25)24-19(16-10-6-5-7-11-16)17(20(26)27)15-22(24)13-8-9-14-23(2)21(22)28/h3,5-7,10-11,17,19H,1,4,8-9,12-15H2,2H3,(H,26,27)/t17-,19-,22-/m0/s1. The minimum Gasteiger partial charge on any atom is -0.481 e. The van der Waals surface area contributed by atoms with Crippen molar-refractivity contribution in [2.24, 2.45) is 5.92 Å². The molecule has 3 rings (SSSR count). The number of carbonyl (C=O) groups is 3. The van der Waals surface area contributed by atoms with Crippen molar-refractivity contribution in [2.75, 3.05) is 13.6 Å². The molecule has 150 valence electrons. The molecule has 2 heterocycles. The molecule has 2 aliphatic heterocycles. The molecule has 0 aromatic heterocycles. The first-order chi connectivity index (χ1) is 13.4. The highest BCUT2D eigenvalue weighted by Crippen LogP contribution is 2.51. The second kappa shape index (κ2) is 8.17.